The van der Waals surface area contributed by atoms with Gasteiger partial charge in [-0.15, -0.1) is 0 Å². The number of nitrogens with one attached hydrogen (secondary N) is 1. The van der Waals surface area contributed by atoms with Crippen molar-refractivity contribution in [2.75, 3.05) is 13.7 Å². The summed E-state index contributed by atoms with van der Waals surface area (Å²) in [5.41, 5.74) is 4.42. The summed E-state index contributed by atoms with van der Waals surface area (Å²) in [7, 11) is 1.60. The predicted octanol–water partition coefficient (Wildman–Crippen LogP) is 2.29. The van der Waals surface area contributed by atoms with Crippen molar-refractivity contribution in [1.82, 2.24) is 5.32 Å². The second-order valence-corrected chi connectivity index (χ2v) is 7.17. The second kappa shape index (κ2) is 6.09. The van der Waals surface area contributed by atoms with E-state index in [-0.39, 0.29) is 11.5 Å². The second-order valence-electron chi connectivity index (χ2n) is 7.17. The Hall–Kier alpha value is -0.810. The smallest absolute Gasteiger partial charge is 0.407 e. The molecule has 0 bridgehead atoms. The summed E-state index contributed by atoms with van der Waals surface area (Å²) < 4.78 is 10.8. The fraction of sp³-hybridized carbons (Fsp3) is 0.929. The molecule has 0 aliphatic carbocycles. The lowest BCUT2D eigenvalue weighted by Crippen LogP contribution is -2.61. The van der Waals surface area contributed by atoms with Crippen LogP contribution in [-0.4, -0.2) is 37.0 Å². The number of alkyl carbamates (subject to hydrolysis) is 1. The Kier molecular flexibility index (Phi) is 5.83. The molecular formula is C14H30N2O3. The van der Waals surface area contributed by atoms with Gasteiger partial charge in [-0.05, 0) is 33.1 Å². The fourth-order valence-corrected chi connectivity index (χ4v) is 2.03. The zero-order valence-corrected chi connectivity index (χ0v) is 13.6. The van der Waals surface area contributed by atoms with Gasteiger partial charge in [0, 0.05) is 13.7 Å². The predicted molar refractivity (Wildman–Crippen MR) is 77.1 cm³/mol. The summed E-state index contributed by atoms with van der Waals surface area (Å²) in [5.74, 6) is 0. The SMILES string of the molecule is COC(C)(CN)C(NC(=O)OC(C)(C)C)C(C)(C)C. The molecule has 2 unspecified atom stereocenters. The summed E-state index contributed by atoms with van der Waals surface area (Å²) in [4.78, 5) is 12.0. The highest BCUT2D eigenvalue weighted by atomic mass is 16.6. The molecule has 5 nitrogen and oxygen atoms in total. The van der Waals surface area contributed by atoms with Gasteiger partial charge >= 0.3 is 6.09 Å². The monoisotopic (exact) mass is 274 g/mol. The van der Waals surface area contributed by atoms with E-state index in [4.69, 9.17) is 15.2 Å². The van der Waals surface area contributed by atoms with Crippen LogP contribution in [0.2, 0.25) is 0 Å². The molecule has 2 atom stereocenters. The molecule has 0 saturated heterocycles. The molecule has 5 heteroatoms. The van der Waals surface area contributed by atoms with Crippen LogP contribution in [0.1, 0.15) is 48.5 Å². The highest BCUT2D eigenvalue weighted by Gasteiger charge is 2.42. The summed E-state index contributed by atoms with van der Waals surface area (Å²) >= 11 is 0. The van der Waals surface area contributed by atoms with Gasteiger partial charge in [0.15, 0.2) is 0 Å². The van der Waals surface area contributed by atoms with Gasteiger partial charge in [0.25, 0.3) is 0 Å². The molecule has 0 radical (unpaired) electrons. The molecule has 114 valence electrons. The summed E-state index contributed by atoms with van der Waals surface area (Å²) in [6.07, 6.45) is -0.454. The lowest BCUT2D eigenvalue weighted by molar-refractivity contribution is -0.0522. The van der Waals surface area contributed by atoms with E-state index in [1.165, 1.54) is 0 Å². The van der Waals surface area contributed by atoms with Crippen LogP contribution in [0.25, 0.3) is 0 Å². The molecule has 0 aromatic carbocycles. The third-order valence-electron chi connectivity index (χ3n) is 3.01. The minimum Gasteiger partial charge on any atom is -0.444 e. The molecule has 0 heterocycles. The van der Waals surface area contributed by atoms with Gasteiger partial charge in [-0.1, -0.05) is 20.8 Å². The van der Waals surface area contributed by atoms with Gasteiger partial charge in [0.1, 0.15) is 5.60 Å². The van der Waals surface area contributed by atoms with E-state index in [9.17, 15) is 4.79 Å². The summed E-state index contributed by atoms with van der Waals surface area (Å²) in [6.45, 7) is 13.8. The topological polar surface area (TPSA) is 73.6 Å². The lowest BCUT2D eigenvalue weighted by atomic mass is 9.77. The first-order chi connectivity index (χ1) is 8.35. The van der Waals surface area contributed by atoms with E-state index in [0.29, 0.717) is 6.54 Å². The Morgan fingerprint density at radius 2 is 1.63 bits per heavy atom. The van der Waals surface area contributed by atoms with Gasteiger partial charge in [-0.2, -0.15) is 0 Å². The maximum absolute atomic E-state index is 12.0. The van der Waals surface area contributed by atoms with Gasteiger partial charge in [-0.25, -0.2) is 4.79 Å². The first kappa shape index (κ1) is 18.2. The summed E-state index contributed by atoms with van der Waals surface area (Å²) in [5, 5.41) is 2.89. The fourth-order valence-electron chi connectivity index (χ4n) is 2.03. The summed E-state index contributed by atoms with van der Waals surface area (Å²) in [6, 6.07) is -0.259. The number of rotatable bonds is 4. The van der Waals surface area contributed by atoms with Crippen molar-refractivity contribution in [2.45, 2.75) is 65.7 Å². The molecule has 0 aromatic heterocycles. The van der Waals surface area contributed by atoms with E-state index >= 15 is 0 Å². The average Bonchev–Trinajstić information content (AvgIpc) is 2.21. The van der Waals surface area contributed by atoms with Crippen molar-refractivity contribution in [1.29, 1.82) is 0 Å². The average molecular weight is 274 g/mol. The maximum Gasteiger partial charge on any atom is 0.407 e. The standard InChI is InChI=1S/C14H30N2O3/c1-12(2,3)10(14(7,9-15)18-8)16-11(17)19-13(4,5)6/h10H,9,15H2,1-8H3,(H,16,17). The van der Waals surface area contributed by atoms with Crippen molar-refractivity contribution in [3.8, 4) is 0 Å². The normalized spacial score (nSPS) is 17.5. The minimum atomic E-state index is -0.644. The maximum atomic E-state index is 12.0. The van der Waals surface area contributed by atoms with Crippen molar-refractivity contribution >= 4 is 6.09 Å². The van der Waals surface area contributed by atoms with Crippen LogP contribution in [-0.2, 0) is 9.47 Å². The van der Waals surface area contributed by atoms with Gasteiger partial charge < -0.3 is 20.5 Å². The van der Waals surface area contributed by atoms with Crippen LogP contribution in [0.3, 0.4) is 0 Å². The van der Waals surface area contributed by atoms with E-state index in [0.717, 1.165) is 0 Å². The zero-order valence-electron chi connectivity index (χ0n) is 13.6. The molecule has 19 heavy (non-hydrogen) atoms. The molecule has 0 spiro atoms. The van der Waals surface area contributed by atoms with Crippen LogP contribution >= 0.6 is 0 Å². The van der Waals surface area contributed by atoms with Crippen LogP contribution in [0.15, 0.2) is 0 Å². The quantitative estimate of drug-likeness (QED) is 0.825. The van der Waals surface area contributed by atoms with E-state index in [2.05, 4.69) is 5.32 Å². The number of carbonyl (C=O) groups excluding carboxylic acids is 1. The number of nitrogens with two attached hydrogens (primary N) is 1. The van der Waals surface area contributed by atoms with E-state index in [1.807, 2.05) is 48.5 Å². The number of ether oxygens (including phenoxy) is 2. The Balaban J connectivity index is 5.06. The molecule has 0 aliphatic rings. The van der Waals surface area contributed by atoms with Crippen molar-refractivity contribution in [3.05, 3.63) is 0 Å². The van der Waals surface area contributed by atoms with Crippen LogP contribution in [0.5, 0.6) is 0 Å². The number of hydrogen-bond acceptors (Lipinski definition) is 4. The molecule has 0 aromatic rings. The highest BCUT2D eigenvalue weighted by Crippen LogP contribution is 2.30. The Morgan fingerprint density at radius 1 is 1.16 bits per heavy atom. The largest absolute Gasteiger partial charge is 0.444 e. The number of amides is 1. The molecule has 0 saturated carbocycles. The van der Waals surface area contributed by atoms with Crippen molar-refractivity contribution in [3.63, 3.8) is 0 Å². The number of methoxy groups -OCH3 is 1. The molecule has 3 N–H and O–H groups in total. The minimum absolute atomic E-state index is 0.207. The molecule has 0 fully saturated rings. The number of carbonyl (C=O) groups is 1. The van der Waals surface area contributed by atoms with Gasteiger partial charge in [0.2, 0.25) is 0 Å². The van der Waals surface area contributed by atoms with Crippen LogP contribution < -0.4 is 11.1 Å². The molecular weight excluding hydrogens is 244 g/mol. The van der Waals surface area contributed by atoms with Crippen molar-refractivity contribution in [2.24, 2.45) is 11.1 Å². The third-order valence-corrected chi connectivity index (χ3v) is 3.01. The molecule has 1 amide bonds. The van der Waals surface area contributed by atoms with Gasteiger partial charge in [-0.3, -0.25) is 0 Å². The Labute approximate surface area is 117 Å². The van der Waals surface area contributed by atoms with Crippen LogP contribution in [0.4, 0.5) is 4.79 Å². The van der Waals surface area contributed by atoms with Gasteiger partial charge in [0.05, 0.1) is 11.6 Å². The molecule has 0 rings (SSSR count). The Morgan fingerprint density at radius 3 is 1.89 bits per heavy atom. The first-order valence-corrected chi connectivity index (χ1v) is 6.60. The Bertz CT molecular complexity index is 299. The van der Waals surface area contributed by atoms with E-state index in [1.54, 1.807) is 7.11 Å². The lowest BCUT2D eigenvalue weighted by Gasteiger charge is -2.43. The van der Waals surface area contributed by atoms with E-state index < -0.39 is 17.3 Å². The number of hydrogen-bond donors (Lipinski definition) is 2. The first-order valence-electron chi connectivity index (χ1n) is 6.60. The molecule has 0 aliphatic heterocycles. The van der Waals surface area contributed by atoms with Crippen molar-refractivity contribution < 1.29 is 14.3 Å². The third kappa shape index (κ3) is 5.78. The highest BCUT2D eigenvalue weighted by molar-refractivity contribution is 5.68. The zero-order chi connectivity index (χ0) is 15.5. The van der Waals surface area contributed by atoms with Crippen LogP contribution in [0, 0.1) is 5.41 Å².